The third kappa shape index (κ3) is 1.89. The summed E-state index contributed by atoms with van der Waals surface area (Å²) in [6.45, 7) is 0. The second-order valence-corrected chi connectivity index (χ2v) is 5.17. The van der Waals surface area contributed by atoms with Crippen molar-refractivity contribution in [1.82, 2.24) is 9.97 Å². The van der Waals surface area contributed by atoms with Crippen LogP contribution in [0, 0.1) is 0 Å². The number of hydrogen-bond donors (Lipinski definition) is 1. The van der Waals surface area contributed by atoms with Gasteiger partial charge < -0.3 is 4.98 Å². The minimum atomic E-state index is 0.723. The molecule has 4 heteroatoms. The first kappa shape index (κ1) is 11.6. The highest BCUT2D eigenvalue weighted by Crippen LogP contribution is 2.35. The van der Waals surface area contributed by atoms with Gasteiger partial charge >= 0.3 is 0 Å². The van der Waals surface area contributed by atoms with E-state index in [9.17, 15) is 0 Å². The monoisotopic (exact) mass is 274 g/mol. The van der Waals surface area contributed by atoms with Gasteiger partial charge in [-0.3, -0.25) is 0 Å². The molecular formula is C14H11ClN2S. The second-order valence-electron chi connectivity index (χ2n) is 3.92. The van der Waals surface area contributed by atoms with Gasteiger partial charge in [0.1, 0.15) is 5.82 Å². The first-order valence-electron chi connectivity index (χ1n) is 5.57. The summed E-state index contributed by atoms with van der Waals surface area (Å²) < 4.78 is 0. The molecule has 0 aliphatic carbocycles. The Morgan fingerprint density at radius 2 is 1.94 bits per heavy atom. The SMILES string of the molecule is CSc1cccc(Cl)c1-c1nc2ccccc2[nH]1. The molecule has 0 radical (unpaired) electrons. The molecule has 0 aliphatic heterocycles. The predicted molar refractivity (Wildman–Crippen MR) is 78.3 cm³/mol. The topological polar surface area (TPSA) is 28.7 Å². The molecule has 1 N–H and O–H groups in total. The predicted octanol–water partition coefficient (Wildman–Crippen LogP) is 4.61. The molecule has 18 heavy (non-hydrogen) atoms. The van der Waals surface area contributed by atoms with E-state index in [2.05, 4.69) is 16.0 Å². The summed E-state index contributed by atoms with van der Waals surface area (Å²) >= 11 is 7.97. The number of aromatic amines is 1. The van der Waals surface area contributed by atoms with Crippen LogP contribution in [0.25, 0.3) is 22.4 Å². The number of para-hydroxylation sites is 2. The molecule has 2 nitrogen and oxygen atoms in total. The maximum absolute atomic E-state index is 6.30. The van der Waals surface area contributed by atoms with Gasteiger partial charge in [-0.15, -0.1) is 11.8 Å². The van der Waals surface area contributed by atoms with Crippen LogP contribution in [0.15, 0.2) is 47.4 Å². The minimum Gasteiger partial charge on any atom is -0.338 e. The van der Waals surface area contributed by atoms with Crippen LogP contribution >= 0.6 is 23.4 Å². The maximum atomic E-state index is 6.30. The van der Waals surface area contributed by atoms with E-state index in [0.29, 0.717) is 0 Å². The van der Waals surface area contributed by atoms with Crippen LogP contribution in [-0.2, 0) is 0 Å². The average molecular weight is 275 g/mol. The Morgan fingerprint density at radius 3 is 2.72 bits per heavy atom. The molecule has 2 aromatic carbocycles. The number of nitrogens with zero attached hydrogens (tertiary/aromatic N) is 1. The quantitative estimate of drug-likeness (QED) is 0.692. The number of fused-ring (bicyclic) bond motifs is 1. The molecule has 3 aromatic rings. The molecule has 0 spiro atoms. The number of nitrogens with one attached hydrogen (secondary N) is 1. The molecular weight excluding hydrogens is 264 g/mol. The van der Waals surface area contributed by atoms with Crippen LogP contribution in [0.2, 0.25) is 5.02 Å². The largest absolute Gasteiger partial charge is 0.338 e. The lowest BCUT2D eigenvalue weighted by Gasteiger charge is -2.06. The van der Waals surface area contributed by atoms with Crippen LogP contribution in [-0.4, -0.2) is 16.2 Å². The van der Waals surface area contributed by atoms with Crippen LogP contribution < -0.4 is 0 Å². The molecule has 0 unspecified atom stereocenters. The molecule has 3 rings (SSSR count). The number of hydrogen-bond acceptors (Lipinski definition) is 2. The number of H-pyrrole nitrogens is 1. The Bertz CT molecular complexity index is 673. The van der Waals surface area contributed by atoms with Crippen molar-refractivity contribution < 1.29 is 0 Å². The summed E-state index contributed by atoms with van der Waals surface area (Å²) in [4.78, 5) is 9.04. The fourth-order valence-corrected chi connectivity index (χ4v) is 2.92. The Balaban J connectivity index is 2.25. The molecule has 0 saturated carbocycles. The van der Waals surface area contributed by atoms with Gasteiger partial charge in [0, 0.05) is 10.5 Å². The Labute approximate surface area is 114 Å². The fraction of sp³-hybridized carbons (Fsp3) is 0.0714. The Kier molecular flexibility index (Phi) is 3.02. The zero-order chi connectivity index (χ0) is 12.5. The van der Waals surface area contributed by atoms with E-state index in [1.807, 2.05) is 42.7 Å². The molecule has 0 saturated heterocycles. The maximum Gasteiger partial charge on any atom is 0.141 e. The Morgan fingerprint density at radius 1 is 1.11 bits per heavy atom. The van der Waals surface area contributed by atoms with Gasteiger partial charge in [-0.05, 0) is 30.5 Å². The molecule has 0 atom stereocenters. The van der Waals surface area contributed by atoms with Gasteiger partial charge in [0.2, 0.25) is 0 Å². The molecule has 0 aliphatic rings. The van der Waals surface area contributed by atoms with Crippen molar-refractivity contribution in [3.8, 4) is 11.4 Å². The fourth-order valence-electron chi connectivity index (χ4n) is 1.98. The summed E-state index contributed by atoms with van der Waals surface area (Å²) in [5.74, 6) is 0.825. The lowest BCUT2D eigenvalue weighted by atomic mass is 10.2. The van der Waals surface area contributed by atoms with Crippen molar-refractivity contribution in [2.75, 3.05) is 6.26 Å². The molecule has 1 heterocycles. The van der Waals surface area contributed by atoms with Crippen LogP contribution in [0.3, 0.4) is 0 Å². The summed E-state index contributed by atoms with van der Waals surface area (Å²) in [5.41, 5.74) is 2.96. The van der Waals surface area contributed by atoms with Crippen LogP contribution in [0.5, 0.6) is 0 Å². The van der Waals surface area contributed by atoms with Crippen molar-refractivity contribution in [2.45, 2.75) is 4.90 Å². The molecule has 0 amide bonds. The summed E-state index contributed by atoms with van der Waals surface area (Å²) in [7, 11) is 0. The molecule has 90 valence electrons. The van der Waals surface area contributed by atoms with Crippen LogP contribution in [0.4, 0.5) is 0 Å². The van der Waals surface area contributed by atoms with Crippen molar-refractivity contribution in [3.05, 3.63) is 47.5 Å². The molecule has 1 aromatic heterocycles. The first-order valence-corrected chi connectivity index (χ1v) is 7.17. The number of aromatic nitrogens is 2. The smallest absolute Gasteiger partial charge is 0.141 e. The number of halogens is 1. The van der Waals surface area contributed by atoms with Crippen molar-refractivity contribution in [3.63, 3.8) is 0 Å². The average Bonchev–Trinajstić information content (AvgIpc) is 2.81. The van der Waals surface area contributed by atoms with Gasteiger partial charge in [-0.2, -0.15) is 0 Å². The van der Waals surface area contributed by atoms with E-state index in [1.165, 1.54) is 0 Å². The summed E-state index contributed by atoms with van der Waals surface area (Å²) in [6.07, 6.45) is 2.04. The highest BCUT2D eigenvalue weighted by molar-refractivity contribution is 7.98. The third-order valence-corrected chi connectivity index (χ3v) is 3.92. The van der Waals surface area contributed by atoms with Crippen LogP contribution in [0.1, 0.15) is 0 Å². The minimum absolute atomic E-state index is 0.723. The number of imidazole rings is 1. The first-order chi connectivity index (χ1) is 8.79. The van der Waals surface area contributed by atoms with E-state index >= 15 is 0 Å². The number of thioether (sulfide) groups is 1. The van der Waals surface area contributed by atoms with Crippen molar-refractivity contribution >= 4 is 34.4 Å². The van der Waals surface area contributed by atoms with Gasteiger partial charge in [-0.25, -0.2) is 4.98 Å². The standard InChI is InChI=1S/C14H11ClN2S/c1-18-12-8-4-5-9(15)13(12)14-16-10-6-2-3-7-11(10)17-14/h2-8H,1H3,(H,16,17). The lowest BCUT2D eigenvalue weighted by Crippen LogP contribution is -1.85. The van der Waals surface area contributed by atoms with E-state index in [1.54, 1.807) is 11.8 Å². The van der Waals surface area contributed by atoms with Gasteiger partial charge in [0.15, 0.2) is 0 Å². The molecule has 0 bridgehead atoms. The number of benzene rings is 2. The normalized spacial score (nSPS) is 11.0. The van der Waals surface area contributed by atoms with E-state index in [0.717, 1.165) is 32.3 Å². The Hall–Kier alpha value is -1.45. The number of rotatable bonds is 2. The van der Waals surface area contributed by atoms with Crippen molar-refractivity contribution in [2.24, 2.45) is 0 Å². The van der Waals surface area contributed by atoms with Gasteiger partial charge in [-0.1, -0.05) is 29.8 Å². The van der Waals surface area contributed by atoms with E-state index in [-0.39, 0.29) is 0 Å². The van der Waals surface area contributed by atoms with E-state index in [4.69, 9.17) is 11.6 Å². The zero-order valence-electron chi connectivity index (χ0n) is 9.77. The zero-order valence-corrected chi connectivity index (χ0v) is 11.3. The van der Waals surface area contributed by atoms with Gasteiger partial charge in [0.05, 0.1) is 16.1 Å². The summed E-state index contributed by atoms with van der Waals surface area (Å²) in [6, 6.07) is 13.9. The highest BCUT2D eigenvalue weighted by Gasteiger charge is 2.12. The third-order valence-electron chi connectivity index (χ3n) is 2.82. The van der Waals surface area contributed by atoms with Crippen molar-refractivity contribution in [1.29, 1.82) is 0 Å². The second kappa shape index (κ2) is 4.67. The molecule has 0 fully saturated rings. The van der Waals surface area contributed by atoms with E-state index < -0.39 is 0 Å². The highest BCUT2D eigenvalue weighted by atomic mass is 35.5. The lowest BCUT2D eigenvalue weighted by molar-refractivity contribution is 1.29. The van der Waals surface area contributed by atoms with Gasteiger partial charge in [0.25, 0.3) is 0 Å². The summed E-state index contributed by atoms with van der Waals surface area (Å²) in [5, 5.41) is 0.723.